The van der Waals surface area contributed by atoms with Gasteiger partial charge in [0.2, 0.25) is 0 Å². The highest BCUT2D eigenvalue weighted by molar-refractivity contribution is 5.17. The Kier molecular flexibility index (Phi) is 6.30. The topological polar surface area (TPSA) is 21.3 Å². The lowest BCUT2D eigenvalue weighted by Gasteiger charge is -2.29. The van der Waals surface area contributed by atoms with Crippen LogP contribution in [0.2, 0.25) is 0 Å². The molecule has 0 heterocycles. The van der Waals surface area contributed by atoms with Crippen molar-refractivity contribution in [2.45, 2.75) is 39.3 Å². The molecule has 0 aliphatic rings. The van der Waals surface area contributed by atoms with Crippen LogP contribution >= 0.6 is 0 Å². The second kappa shape index (κ2) is 7.49. The molecule has 0 aliphatic heterocycles. The van der Waals surface area contributed by atoms with Crippen molar-refractivity contribution in [1.29, 1.82) is 0 Å². The number of methoxy groups -OCH3 is 1. The number of hydrogen-bond acceptors (Lipinski definition) is 2. The van der Waals surface area contributed by atoms with Gasteiger partial charge in [-0.05, 0) is 36.6 Å². The van der Waals surface area contributed by atoms with Crippen LogP contribution in [0.1, 0.15) is 26.3 Å². The summed E-state index contributed by atoms with van der Waals surface area (Å²) in [7, 11) is 1.74. The van der Waals surface area contributed by atoms with Crippen LogP contribution in [0.15, 0.2) is 24.3 Å². The van der Waals surface area contributed by atoms with E-state index in [0.29, 0.717) is 5.92 Å². The van der Waals surface area contributed by atoms with E-state index < -0.39 is 0 Å². The molecule has 1 aromatic carbocycles. The van der Waals surface area contributed by atoms with E-state index >= 15 is 0 Å². The first-order valence-corrected chi connectivity index (χ1v) is 6.59. The lowest BCUT2D eigenvalue weighted by Crippen LogP contribution is -2.45. The molecular weight excluding hydrogens is 229 g/mol. The maximum atomic E-state index is 13.2. The third kappa shape index (κ3) is 4.39. The Balaban J connectivity index is 2.79. The summed E-state index contributed by atoms with van der Waals surface area (Å²) in [5, 5.41) is 3.44. The van der Waals surface area contributed by atoms with Gasteiger partial charge in [0.05, 0.1) is 6.10 Å². The van der Waals surface area contributed by atoms with Crippen molar-refractivity contribution in [2.24, 2.45) is 5.92 Å². The van der Waals surface area contributed by atoms with Gasteiger partial charge >= 0.3 is 0 Å². The zero-order valence-corrected chi connectivity index (χ0v) is 11.7. The van der Waals surface area contributed by atoms with Crippen molar-refractivity contribution in [3.05, 3.63) is 35.6 Å². The Hall–Kier alpha value is -0.930. The zero-order chi connectivity index (χ0) is 13.5. The van der Waals surface area contributed by atoms with Crippen LogP contribution in [-0.2, 0) is 11.2 Å². The number of benzene rings is 1. The Morgan fingerprint density at radius 3 is 2.56 bits per heavy atom. The molecule has 2 atom stereocenters. The van der Waals surface area contributed by atoms with Crippen LogP contribution in [0.4, 0.5) is 4.39 Å². The van der Waals surface area contributed by atoms with Crippen LogP contribution < -0.4 is 5.32 Å². The van der Waals surface area contributed by atoms with Gasteiger partial charge in [-0.1, -0.05) is 32.9 Å². The van der Waals surface area contributed by atoms with E-state index in [9.17, 15) is 4.39 Å². The van der Waals surface area contributed by atoms with Crippen molar-refractivity contribution < 1.29 is 9.13 Å². The average Bonchev–Trinajstić information content (AvgIpc) is 2.29. The molecule has 18 heavy (non-hydrogen) atoms. The normalized spacial score (nSPS) is 14.8. The van der Waals surface area contributed by atoms with Crippen molar-refractivity contribution in [3.8, 4) is 0 Å². The summed E-state index contributed by atoms with van der Waals surface area (Å²) in [5.41, 5.74) is 1.00. The molecule has 0 spiro atoms. The zero-order valence-electron chi connectivity index (χ0n) is 11.7. The number of rotatable bonds is 7. The summed E-state index contributed by atoms with van der Waals surface area (Å²) in [6.45, 7) is 7.24. The van der Waals surface area contributed by atoms with Gasteiger partial charge in [0.1, 0.15) is 5.82 Å². The maximum Gasteiger partial charge on any atom is 0.123 e. The minimum absolute atomic E-state index is 0.133. The standard InChI is InChI=1S/C15H24FNO/c1-5-17-14(15(18-4)11(2)3)10-12-7-6-8-13(16)9-12/h6-9,11,14-15,17H,5,10H2,1-4H3. The van der Waals surface area contributed by atoms with Gasteiger partial charge in [-0.2, -0.15) is 0 Å². The molecule has 2 nitrogen and oxygen atoms in total. The highest BCUT2D eigenvalue weighted by Crippen LogP contribution is 2.15. The van der Waals surface area contributed by atoms with E-state index in [1.54, 1.807) is 19.2 Å². The second-order valence-electron chi connectivity index (χ2n) is 4.94. The third-order valence-electron chi connectivity index (χ3n) is 3.14. The van der Waals surface area contributed by atoms with Gasteiger partial charge in [-0.15, -0.1) is 0 Å². The largest absolute Gasteiger partial charge is 0.380 e. The fraction of sp³-hybridized carbons (Fsp3) is 0.600. The lowest BCUT2D eigenvalue weighted by molar-refractivity contribution is 0.0337. The highest BCUT2D eigenvalue weighted by Gasteiger charge is 2.23. The number of halogens is 1. The van der Waals surface area contributed by atoms with Gasteiger partial charge in [0, 0.05) is 13.2 Å². The van der Waals surface area contributed by atoms with Crippen LogP contribution in [0.25, 0.3) is 0 Å². The summed E-state index contributed by atoms with van der Waals surface area (Å²) >= 11 is 0. The average molecular weight is 253 g/mol. The van der Waals surface area contributed by atoms with Gasteiger partial charge < -0.3 is 10.1 Å². The van der Waals surface area contributed by atoms with E-state index in [2.05, 4.69) is 26.1 Å². The predicted molar refractivity (Wildman–Crippen MR) is 73.2 cm³/mol. The fourth-order valence-corrected chi connectivity index (χ4v) is 2.39. The van der Waals surface area contributed by atoms with Crippen molar-refractivity contribution in [1.82, 2.24) is 5.32 Å². The van der Waals surface area contributed by atoms with Crippen LogP contribution in [-0.4, -0.2) is 25.8 Å². The van der Waals surface area contributed by atoms with Gasteiger partial charge in [-0.3, -0.25) is 0 Å². The Morgan fingerprint density at radius 2 is 2.06 bits per heavy atom. The molecule has 0 saturated heterocycles. The molecule has 0 bridgehead atoms. The maximum absolute atomic E-state index is 13.2. The second-order valence-corrected chi connectivity index (χ2v) is 4.94. The minimum atomic E-state index is -0.179. The number of nitrogens with one attached hydrogen (secondary N) is 1. The summed E-state index contributed by atoms with van der Waals surface area (Å²) in [4.78, 5) is 0. The van der Waals surface area contributed by atoms with E-state index in [1.807, 2.05) is 6.07 Å². The van der Waals surface area contributed by atoms with E-state index in [-0.39, 0.29) is 18.0 Å². The minimum Gasteiger partial charge on any atom is -0.380 e. The number of likely N-dealkylation sites (N-methyl/N-ethyl adjacent to an activating group) is 1. The van der Waals surface area contributed by atoms with E-state index in [1.165, 1.54) is 6.07 Å². The molecule has 0 fully saturated rings. The molecule has 102 valence electrons. The van der Waals surface area contributed by atoms with Gasteiger partial charge in [-0.25, -0.2) is 4.39 Å². The fourth-order valence-electron chi connectivity index (χ4n) is 2.39. The molecule has 0 radical (unpaired) electrons. The smallest absolute Gasteiger partial charge is 0.123 e. The molecular formula is C15H24FNO. The lowest BCUT2D eigenvalue weighted by atomic mass is 9.94. The monoisotopic (exact) mass is 253 g/mol. The third-order valence-corrected chi connectivity index (χ3v) is 3.14. The molecule has 0 aliphatic carbocycles. The van der Waals surface area contributed by atoms with Crippen LogP contribution in [0.5, 0.6) is 0 Å². The van der Waals surface area contributed by atoms with Crippen molar-refractivity contribution in [2.75, 3.05) is 13.7 Å². The molecule has 1 rings (SSSR count). The summed E-state index contributed by atoms with van der Waals surface area (Å²) in [6.07, 6.45) is 0.913. The summed E-state index contributed by atoms with van der Waals surface area (Å²) < 4.78 is 18.8. The summed E-state index contributed by atoms with van der Waals surface area (Å²) in [5.74, 6) is 0.244. The molecule has 1 aromatic rings. The first kappa shape index (κ1) is 15.1. The number of hydrogen-bond donors (Lipinski definition) is 1. The Bertz CT molecular complexity index is 354. The molecule has 0 amide bonds. The van der Waals surface area contributed by atoms with Crippen LogP contribution in [0.3, 0.4) is 0 Å². The SMILES string of the molecule is CCNC(Cc1cccc(F)c1)C(OC)C(C)C. The van der Waals surface area contributed by atoms with Gasteiger partial charge in [0.25, 0.3) is 0 Å². The molecule has 0 aromatic heterocycles. The Labute approximate surface area is 110 Å². The predicted octanol–water partition coefficient (Wildman–Crippen LogP) is 3.02. The quantitative estimate of drug-likeness (QED) is 0.806. The molecule has 3 heteroatoms. The van der Waals surface area contributed by atoms with Crippen molar-refractivity contribution >= 4 is 0 Å². The van der Waals surface area contributed by atoms with Gasteiger partial charge in [0.15, 0.2) is 0 Å². The molecule has 2 unspecified atom stereocenters. The molecule has 0 saturated carbocycles. The summed E-state index contributed by atoms with van der Waals surface area (Å²) in [6, 6.07) is 6.99. The van der Waals surface area contributed by atoms with E-state index in [4.69, 9.17) is 4.74 Å². The number of ether oxygens (including phenoxy) is 1. The first-order valence-electron chi connectivity index (χ1n) is 6.59. The first-order chi connectivity index (χ1) is 8.58. The molecule has 1 N–H and O–H groups in total. The van der Waals surface area contributed by atoms with Crippen molar-refractivity contribution in [3.63, 3.8) is 0 Å². The van der Waals surface area contributed by atoms with Crippen LogP contribution in [0, 0.1) is 11.7 Å². The highest BCUT2D eigenvalue weighted by atomic mass is 19.1. The Morgan fingerprint density at radius 1 is 1.33 bits per heavy atom. The van der Waals surface area contributed by atoms with E-state index in [0.717, 1.165) is 18.5 Å².